The molecule has 0 radical (unpaired) electrons. The van der Waals surface area contributed by atoms with Gasteiger partial charge in [0.1, 0.15) is 0 Å². The second-order valence-electron chi connectivity index (χ2n) is 14.0. The van der Waals surface area contributed by atoms with Gasteiger partial charge in [-0.2, -0.15) is 0 Å². The van der Waals surface area contributed by atoms with E-state index in [2.05, 4.69) is 19.1 Å². The van der Waals surface area contributed by atoms with Gasteiger partial charge in [-0.05, 0) is 38.5 Å². The zero-order chi connectivity index (χ0) is 33.8. The van der Waals surface area contributed by atoms with Crippen LogP contribution >= 0.6 is 0 Å². The van der Waals surface area contributed by atoms with Gasteiger partial charge in [0, 0.05) is 31.1 Å². The predicted octanol–water partition coefficient (Wildman–Crippen LogP) is 8.79. The molecule has 0 aliphatic heterocycles. The summed E-state index contributed by atoms with van der Waals surface area (Å²) in [5.41, 5.74) is 0. The van der Waals surface area contributed by atoms with E-state index in [1.54, 1.807) is 20.8 Å². The predicted molar refractivity (Wildman–Crippen MR) is 184 cm³/mol. The van der Waals surface area contributed by atoms with E-state index >= 15 is 0 Å². The molecule has 0 aromatic heterocycles. The summed E-state index contributed by atoms with van der Waals surface area (Å²) in [7, 11) is 0. The van der Waals surface area contributed by atoms with Crippen LogP contribution in [-0.4, -0.2) is 58.8 Å². The topological polar surface area (TPSA) is 115 Å². The van der Waals surface area contributed by atoms with Gasteiger partial charge in [-0.3, -0.25) is 9.59 Å². The summed E-state index contributed by atoms with van der Waals surface area (Å²) < 4.78 is 0.575. The molecule has 0 bridgehead atoms. The Morgan fingerprint density at radius 2 is 0.867 bits per heavy atom. The number of carboxylic acids is 3. The maximum atomic E-state index is 11.5. The Labute approximate surface area is 276 Å². The zero-order valence-electron chi connectivity index (χ0n) is 29.7. The van der Waals surface area contributed by atoms with E-state index in [1.807, 2.05) is 0 Å². The minimum atomic E-state index is -1.08. The number of carboxylic acid groups (broad SMARTS) is 3. The molecule has 0 saturated carbocycles. The molecule has 0 aromatic rings. The van der Waals surface area contributed by atoms with Gasteiger partial charge in [0.25, 0.3) is 0 Å². The van der Waals surface area contributed by atoms with Gasteiger partial charge in [-0.25, -0.2) is 0 Å². The molecular weight excluding hydrogens is 566 g/mol. The lowest BCUT2D eigenvalue weighted by molar-refractivity contribution is -0.929. The summed E-state index contributed by atoms with van der Waals surface area (Å²) in [4.78, 5) is 34.4. The average Bonchev–Trinajstić information content (AvgIpc) is 3.01. The molecule has 0 spiro atoms. The summed E-state index contributed by atoms with van der Waals surface area (Å²) in [5.74, 6) is -4.33. The highest BCUT2D eigenvalue weighted by Gasteiger charge is 2.30. The fraction of sp³-hybridized carbons (Fsp3) is 0.868. The molecule has 264 valence electrons. The molecule has 0 saturated heterocycles. The molecule has 0 heterocycles. The van der Waals surface area contributed by atoms with Crippen LogP contribution in [0.3, 0.4) is 0 Å². The van der Waals surface area contributed by atoms with Crippen LogP contribution in [0.1, 0.15) is 169 Å². The van der Waals surface area contributed by atoms with Crippen molar-refractivity contribution in [2.75, 3.05) is 26.2 Å². The lowest BCUT2D eigenvalue weighted by Gasteiger charge is -2.41. The molecule has 0 rings (SSSR count). The summed E-state index contributed by atoms with van der Waals surface area (Å²) in [5, 5.41) is 30.3. The Hall–Kier alpha value is -1.89. The van der Waals surface area contributed by atoms with Crippen LogP contribution in [0, 0.1) is 17.8 Å². The fourth-order valence-electron chi connectivity index (χ4n) is 6.02. The van der Waals surface area contributed by atoms with Crippen LogP contribution in [0.5, 0.6) is 0 Å². The smallest absolute Gasteiger partial charge is 0.306 e. The quantitative estimate of drug-likeness (QED) is 0.0422. The van der Waals surface area contributed by atoms with E-state index in [0.717, 1.165) is 38.6 Å². The first-order valence-corrected chi connectivity index (χ1v) is 18.7. The summed E-state index contributed by atoms with van der Waals surface area (Å²) in [6.45, 7) is 9.96. The Bertz CT molecular complexity index is 722. The Balaban J connectivity index is 4.39. The number of allylic oxidation sites excluding steroid dienone is 2. The van der Waals surface area contributed by atoms with E-state index < -0.39 is 35.7 Å². The monoisotopic (exact) mass is 638 g/mol. The molecule has 3 atom stereocenters. The number of quaternary nitrogens is 1. The number of carbonyl (C=O) groups excluding carboxylic acids is 1. The molecule has 7 heteroatoms. The third-order valence-corrected chi connectivity index (χ3v) is 9.75. The normalized spacial score (nSPS) is 15.1. The van der Waals surface area contributed by atoms with Crippen LogP contribution in [0.2, 0.25) is 0 Å². The fourth-order valence-corrected chi connectivity index (χ4v) is 6.02. The van der Waals surface area contributed by atoms with Gasteiger partial charge in [0.2, 0.25) is 0 Å². The molecule has 0 aliphatic carbocycles. The molecule has 7 nitrogen and oxygen atoms in total. The minimum absolute atomic E-state index is 0.440. The number of aliphatic carboxylic acids is 3. The highest BCUT2D eigenvalue weighted by Crippen LogP contribution is 2.22. The van der Waals surface area contributed by atoms with Crippen molar-refractivity contribution >= 4 is 17.9 Å². The molecular formula is C38H71NO6. The molecule has 0 amide bonds. The van der Waals surface area contributed by atoms with E-state index in [-0.39, 0.29) is 0 Å². The number of unbranched alkanes of at least 4 members (excludes halogenated alkanes) is 17. The number of rotatable bonds is 33. The van der Waals surface area contributed by atoms with Gasteiger partial charge in [0.05, 0.1) is 38.0 Å². The Kier molecular flexibility index (Phi) is 27.2. The Morgan fingerprint density at radius 1 is 0.533 bits per heavy atom. The van der Waals surface area contributed by atoms with Crippen LogP contribution in [-0.2, 0) is 14.4 Å². The van der Waals surface area contributed by atoms with E-state index in [1.165, 1.54) is 89.9 Å². The summed E-state index contributed by atoms with van der Waals surface area (Å²) in [6.07, 6.45) is 30.6. The van der Waals surface area contributed by atoms with Crippen LogP contribution < -0.4 is 5.11 Å². The van der Waals surface area contributed by atoms with E-state index in [9.17, 15) is 29.7 Å². The number of hydrogen-bond donors (Lipinski definition) is 2. The first-order valence-electron chi connectivity index (χ1n) is 18.7. The van der Waals surface area contributed by atoms with Crippen molar-refractivity contribution in [1.29, 1.82) is 0 Å². The second-order valence-corrected chi connectivity index (χ2v) is 14.0. The van der Waals surface area contributed by atoms with Crippen LogP contribution in [0.4, 0.5) is 0 Å². The molecule has 0 aliphatic rings. The van der Waals surface area contributed by atoms with Crippen molar-refractivity contribution in [2.24, 2.45) is 17.8 Å². The molecule has 3 unspecified atom stereocenters. The number of carbonyl (C=O) groups is 3. The van der Waals surface area contributed by atoms with Crippen molar-refractivity contribution in [3.8, 4) is 0 Å². The largest absolute Gasteiger partial charge is 0.550 e. The van der Waals surface area contributed by atoms with E-state index in [4.69, 9.17) is 0 Å². The highest BCUT2D eigenvalue weighted by molar-refractivity contribution is 5.69. The van der Waals surface area contributed by atoms with Gasteiger partial charge < -0.3 is 24.6 Å². The lowest BCUT2D eigenvalue weighted by Crippen LogP contribution is -2.52. The highest BCUT2D eigenvalue weighted by atomic mass is 16.4. The minimum Gasteiger partial charge on any atom is -0.550 e. The van der Waals surface area contributed by atoms with Crippen LogP contribution in [0.25, 0.3) is 0 Å². The van der Waals surface area contributed by atoms with Crippen molar-refractivity contribution in [1.82, 2.24) is 0 Å². The maximum absolute atomic E-state index is 11.5. The summed E-state index contributed by atoms with van der Waals surface area (Å²) in [6, 6.07) is 0. The second kappa shape index (κ2) is 28.3. The van der Waals surface area contributed by atoms with Crippen molar-refractivity contribution in [3.63, 3.8) is 0 Å². The van der Waals surface area contributed by atoms with Crippen LogP contribution in [0.15, 0.2) is 12.2 Å². The number of nitrogens with zero attached hydrogens (tertiary/aromatic N) is 1. The van der Waals surface area contributed by atoms with Gasteiger partial charge in [0.15, 0.2) is 0 Å². The zero-order valence-corrected chi connectivity index (χ0v) is 29.7. The van der Waals surface area contributed by atoms with Gasteiger partial charge in [-0.1, -0.05) is 123 Å². The first kappa shape index (κ1) is 43.1. The maximum Gasteiger partial charge on any atom is 0.306 e. The standard InChI is InChI=1S/C38H71NO6/c1-5-6-7-8-9-10-11-12-13-14-15-16-17-18-19-20-21-22-23-24-25-29-39(30-26-33(2)36(40)41,31-27-34(3)37(42)43)32-28-35(4)38(44)45/h19-20,33-35H,5-18,21-32H2,1-4H3,(H2-,40,41,42,43,44,45)/b20-19+. The third-order valence-electron chi connectivity index (χ3n) is 9.75. The first-order chi connectivity index (χ1) is 21.5. The average molecular weight is 638 g/mol. The molecule has 2 N–H and O–H groups in total. The van der Waals surface area contributed by atoms with Gasteiger partial charge in [-0.15, -0.1) is 0 Å². The van der Waals surface area contributed by atoms with Crippen molar-refractivity contribution < 1.29 is 34.2 Å². The molecule has 0 fully saturated rings. The third kappa shape index (κ3) is 24.9. The van der Waals surface area contributed by atoms with Crippen molar-refractivity contribution in [2.45, 2.75) is 169 Å². The van der Waals surface area contributed by atoms with Crippen molar-refractivity contribution in [3.05, 3.63) is 12.2 Å². The molecule has 45 heavy (non-hydrogen) atoms. The number of hydrogen-bond acceptors (Lipinski definition) is 4. The summed E-state index contributed by atoms with van der Waals surface area (Å²) >= 11 is 0. The lowest BCUT2D eigenvalue weighted by atomic mass is 10.0. The molecule has 0 aromatic carbocycles. The SMILES string of the molecule is CCCCCCCCCCCCCCC/C=C/CCCCCC[N+](CCC(C)C(=O)[O-])(CCC(C)C(=O)O)CCC(C)C(=O)O. The Morgan fingerprint density at radius 3 is 1.22 bits per heavy atom. The van der Waals surface area contributed by atoms with E-state index in [0.29, 0.717) is 43.4 Å². The van der Waals surface area contributed by atoms with Gasteiger partial charge >= 0.3 is 11.9 Å².